The van der Waals surface area contributed by atoms with Crippen LogP contribution in [0.5, 0.6) is 0 Å². The van der Waals surface area contributed by atoms with Gasteiger partial charge in [0.1, 0.15) is 11.6 Å². The largest absolute Gasteiger partial charge is 0.312 e. The summed E-state index contributed by atoms with van der Waals surface area (Å²) in [6.45, 7) is 0.818. The zero-order valence-electron chi connectivity index (χ0n) is 14.6. The summed E-state index contributed by atoms with van der Waals surface area (Å²) in [4.78, 5) is 24.0. The second-order valence-corrected chi connectivity index (χ2v) is 8.71. The van der Waals surface area contributed by atoms with Gasteiger partial charge in [-0.25, -0.2) is 22.7 Å². The average molecular weight is 400 g/mol. The summed E-state index contributed by atoms with van der Waals surface area (Å²) in [5, 5.41) is 8.79. The van der Waals surface area contributed by atoms with Gasteiger partial charge in [-0.15, -0.1) is 0 Å². The van der Waals surface area contributed by atoms with Crippen LogP contribution < -0.4 is 11.0 Å². The Labute approximate surface area is 154 Å². The lowest BCUT2D eigenvalue weighted by Gasteiger charge is -2.25. The number of hydrogen-bond acceptors (Lipinski definition) is 5. The zero-order valence-corrected chi connectivity index (χ0v) is 15.4. The monoisotopic (exact) mass is 400 g/mol. The van der Waals surface area contributed by atoms with Crippen LogP contribution in [-0.2, 0) is 21.2 Å². The van der Waals surface area contributed by atoms with Crippen LogP contribution in [0.25, 0.3) is 11.1 Å². The molecule has 146 valence electrons. The highest BCUT2D eigenvalue weighted by Gasteiger charge is 2.43. The number of amides is 1. The van der Waals surface area contributed by atoms with Crippen LogP contribution in [0, 0.1) is 11.6 Å². The molecule has 0 saturated heterocycles. The quantitative estimate of drug-likeness (QED) is 0.565. The normalized spacial score (nSPS) is 13.8. The number of nitrogens with zero attached hydrogens (tertiary/aromatic N) is 1. The van der Waals surface area contributed by atoms with Crippen molar-refractivity contribution in [3.05, 3.63) is 58.5 Å². The third kappa shape index (κ3) is 4.22. The molecule has 0 aliphatic heterocycles. The molecule has 0 saturated carbocycles. The Balaban J connectivity index is 2.35. The van der Waals surface area contributed by atoms with Gasteiger partial charge in [0, 0.05) is 30.6 Å². The maximum Gasteiger partial charge on any atom is 0.264 e. The van der Waals surface area contributed by atoms with Gasteiger partial charge < -0.3 is 4.57 Å². The van der Waals surface area contributed by atoms with Crippen molar-refractivity contribution in [3.63, 3.8) is 0 Å². The number of sulfone groups is 1. The molecular weight excluding hydrogens is 382 g/mol. The average Bonchev–Trinajstić information content (AvgIpc) is 2.60. The minimum atomic E-state index is -3.94. The fraction of sp³-hybridized carbons (Fsp3) is 0.294. The Morgan fingerprint density at radius 1 is 1.26 bits per heavy atom. The van der Waals surface area contributed by atoms with Crippen LogP contribution in [-0.4, -0.2) is 35.1 Å². The number of aromatic nitrogens is 1. The van der Waals surface area contributed by atoms with Gasteiger partial charge in [-0.05, 0) is 31.0 Å². The summed E-state index contributed by atoms with van der Waals surface area (Å²) in [5.41, 5.74) is 0.943. The van der Waals surface area contributed by atoms with Crippen molar-refractivity contribution in [2.75, 3.05) is 6.26 Å². The molecule has 1 unspecified atom stereocenters. The number of carbonyl (C=O) groups is 1. The first-order chi connectivity index (χ1) is 12.5. The predicted molar refractivity (Wildman–Crippen MR) is 93.8 cm³/mol. The molecule has 0 fully saturated rings. The molecule has 1 aromatic heterocycles. The molecule has 0 aliphatic carbocycles. The number of hydrogen-bond donors (Lipinski definition) is 2. The van der Waals surface area contributed by atoms with E-state index in [1.165, 1.54) is 17.6 Å². The number of benzene rings is 1. The minimum Gasteiger partial charge on any atom is -0.312 e. The van der Waals surface area contributed by atoms with Crippen molar-refractivity contribution in [2.45, 2.75) is 24.6 Å². The molecule has 1 amide bonds. The number of pyridine rings is 1. The van der Waals surface area contributed by atoms with E-state index >= 15 is 0 Å². The van der Waals surface area contributed by atoms with E-state index in [0.717, 1.165) is 42.1 Å². The van der Waals surface area contributed by atoms with Gasteiger partial charge in [-0.1, -0.05) is 12.1 Å². The van der Waals surface area contributed by atoms with Crippen LogP contribution in [0.15, 0.2) is 41.3 Å². The molecule has 7 nitrogen and oxygen atoms in total. The Morgan fingerprint density at radius 3 is 2.37 bits per heavy atom. The maximum absolute atomic E-state index is 14.4. The summed E-state index contributed by atoms with van der Waals surface area (Å²) < 4.78 is 50.2. The van der Waals surface area contributed by atoms with E-state index in [1.807, 2.05) is 0 Å². The van der Waals surface area contributed by atoms with Crippen molar-refractivity contribution in [2.24, 2.45) is 0 Å². The Morgan fingerprint density at radius 2 is 1.85 bits per heavy atom. The van der Waals surface area contributed by atoms with Gasteiger partial charge in [0.05, 0.1) is 0 Å². The first kappa shape index (κ1) is 20.7. The van der Waals surface area contributed by atoms with E-state index in [1.54, 1.807) is 0 Å². The van der Waals surface area contributed by atoms with Crippen LogP contribution >= 0.6 is 0 Å². The summed E-state index contributed by atoms with van der Waals surface area (Å²) in [5.74, 6) is -2.43. The lowest BCUT2D eigenvalue weighted by Crippen LogP contribution is -2.50. The fourth-order valence-corrected chi connectivity index (χ4v) is 3.33. The molecule has 1 heterocycles. The van der Waals surface area contributed by atoms with Crippen LogP contribution in [0.4, 0.5) is 8.78 Å². The number of halogens is 2. The third-order valence-electron chi connectivity index (χ3n) is 4.46. The van der Waals surface area contributed by atoms with Crippen LogP contribution in [0.1, 0.15) is 13.3 Å². The molecule has 2 N–H and O–H groups in total. The van der Waals surface area contributed by atoms with E-state index in [0.29, 0.717) is 5.56 Å². The Bertz CT molecular complexity index is 1020. The first-order valence-corrected chi connectivity index (χ1v) is 9.69. The Kier molecular flexibility index (Phi) is 5.81. The molecule has 27 heavy (non-hydrogen) atoms. The standard InChI is InChI=1S/C17H18F2N2O5S/c1-17(16(23)20-24,27(2,25)26)7-8-21-10-14(19)13(9-15(21)22)11-3-5-12(18)6-4-11/h3-6,9-10,24H,7-8H2,1-2H3,(H,20,23). The number of rotatable bonds is 6. The van der Waals surface area contributed by atoms with Gasteiger partial charge in [0.2, 0.25) is 0 Å². The molecular formula is C17H18F2N2O5S. The van der Waals surface area contributed by atoms with Crippen molar-refractivity contribution in [1.82, 2.24) is 10.0 Å². The number of nitrogens with one attached hydrogen (secondary N) is 1. The molecule has 10 heteroatoms. The lowest BCUT2D eigenvalue weighted by molar-refractivity contribution is -0.131. The third-order valence-corrected chi connectivity index (χ3v) is 6.49. The smallest absolute Gasteiger partial charge is 0.264 e. The highest BCUT2D eigenvalue weighted by atomic mass is 32.2. The summed E-state index contributed by atoms with van der Waals surface area (Å²) in [6.07, 6.45) is 1.34. The Hall–Kier alpha value is -2.59. The zero-order chi connectivity index (χ0) is 20.4. The van der Waals surface area contributed by atoms with Gasteiger partial charge in [-0.3, -0.25) is 14.8 Å². The second kappa shape index (κ2) is 7.57. The summed E-state index contributed by atoms with van der Waals surface area (Å²) in [6, 6.07) is 5.91. The predicted octanol–water partition coefficient (Wildman–Crippen LogP) is 1.49. The highest BCUT2D eigenvalue weighted by Crippen LogP contribution is 2.24. The molecule has 0 bridgehead atoms. The fourth-order valence-electron chi connectivity index (χ4n) is 2.49. The van der Waals surface area contributed by atoms with Gasteiger partial charge >= 0.3 is 0 Å². The molecule has 2 rings (SSSR count). The van der Waals surface area contributed by atoms with E-state index in [-0.39, 0.29) is 18.5 Å². The van der Waals surface area contributed by atoms with E-state index in [4.69, 9.17) is 5.21 Å². The highest BCUT2D eigenvalue weighted by molar-refractivity contribution is 7.92. The molecule has 0 radical (unpaired) electrons. The molecule has 0 spiro atoms. The molecule has 0 aliphatic rings. The van der Waals surface area contributed by atoms with Crippen LogP contribution in [0.2, 0.25) is 0 Å². The van der Waals surface area contributed by atoms with Crippen molar-refractivity contribution >= 4 is 15.7 Å². The van der Waals surface area contributed by atoms with Crippen molar-refractivity contribution in [1.29, 1.82) is 0 Å². The molecule has 1 aromatic carbocycles. The van der Waals surface area contributed by atoms with Gasteiger partial charge in [-0.2, -0.15) is 0 Å². The number of hydroxylamine groups is 1. The van der Waals surface area contributed by atoms with E-state index in [2.05, 4.69) is 0 Å². The topological polar surface area (TPSA) is 105 Å². The summed E-state index contributed by atoms with van der Waals surface area (Å²) in [7, 11) is -3.94. The molecule has 1 atom stereocenters. The van der Waals surface area contributed by atoms with Crippen molar-refractivity contribution in [3.8, 4) is 11.1 Å². The van der Waals surface area contributed by atoms with Gasteiger partial charge in [0.25, 0.3) is 11.5 Å². The van der Waals surface area contributed by atoms with Gasteiger partial charge in [0.15, 0.2) is 14.6 Å². The van der Waals surface area contributed by atoms with Crippen LogP contribution in [0.3, 0.4) is 0 Å². The lowest BCUT2D eigenvalue weighted by atomic mass is 10.1. The SMILES string of the molecule is CC(CCn1cc(F)c(-c2ccc(F)cc2)cc1=O)(C(=O)NO)S(C)(=O)=O. The van der Waals surface area contributed by atoms with E-state index < -0.39 is 37.7 Å². The van der Waals surface area contributed by atoms with Crippen molar-refractivity contribution < 1.29 is 27.2 Å². The van der Waals surface area contributed by atoms with E-state index in [9.17, 15) is 26.8 Å². The summed E-state index contributed by atoms with van der Waals surface area (Å²) >= 11 is 0. The second-order valence-electron chi connectivity index (χ2n) is 6.27. The number of aryl methyl sites for hydroxylation is 1. The number of carbonyl (C=O) groups excluding carboxylic acids is 1. The minimum absolute atomic E-state index is 0.0322. The maximum atomic E-state index is 14.4. The first-order valence-electron chi connectivity index (χ1n) is 7.79. The molecule has 2 aromatic rings.